The van der Waals surface area contributed by atoms with Crippen LogP contribution in [0.15, 0.2) is 30.3 Å². The van der Waals surface area contributed by atoms with E-state index in [-0.39, 0.29) is 12.4 Å². The lowest BCUT2D eigenvalue weighted by Crippen LogP contribution is -2.41. The van der Waals surface area contributed by atoms with Gasteiger partial charge in [0, 0.05) is 6.54 Å². The number of nitrogens with zero attached hydrogens (tertiary/aromatic N) is 1. The third-order valence-electron chi connectivity index (χ3n) is 2.48. The molecular formula is C15H22ClNO3. The molecule has 1 aromatic rings. The van der Waals surface area contributed by atoms with E-state index in [1.54, 1.807) is 0 Å². The van der Waals surface area contributed by atoms with Gasteiger partial charge in [-0.3, -0.25) is 0 Å². The largest absolute Gasteiger partial charge is 0.444 e. The molecule has 1 aromatic carbocycles. The van der Waals surface area contributed by atoms with Crippen LogP contribution >= 0.6 is 11.6 Å². The van der Waals surface area contributed by atoms with Crippen molar-refractivity contribution >= 4 is 17.7 Å². The molecule has 0 radical (unpaired) electrons. The van der Waals surface area contributed by atoms with Crippen LogP contribution in [0.3, 0.4) is 0 Å². The van der Waals surface area contributed by atoms with Crippen molar-refractivity contribution in [3.05, 3.63) is 35.9 Å². The molecule has 1 atom stereocenters. The molecule has 0 saturated carbocycles. The fourth-order valence-electron chi connectivity index (χ4n) is 1.64. The Morgan fingerprint density at radius 2 is 1.95 bits per heavy atom. The van der Waals surface area contributed by atoms with Crippen molar-refractivity contribution in [2.45, 2.75) is 39.0 Å². The fourth-order valence-corrected chi connectivity index (χ4v) is 1.73. The Balaban J connectivity index is 2.77. The number of hydrogen-bond acceptors (Lipinski definition) is 3. The number of benzene rings is 1. The molecule has 0 aliphatic heterocycles. The summed E-state index contributed by atoms with van der Waals surface area (Å²) in [4.78, 5) is 13.6. The quantitative estimate of drug-likeness (QED) is 0.850. The molecule has 0 saturated heterocycles. The molecule has 0 aromatic heterocycles. The highest BCUT2D eigenvalue weighted by molar-refractivity contribution is 6.18. The first-order valence-electron chi connectivity index (χ1n) is 6.57. The topological polar surface area (TPSA) is 49.8 Å². The number of carbonyl (C=O) groups is 1. The predicted molar refractivity (Wildman–Crippen MR) is 79.8 cm³/mol. The molecule has 1 rings (SSSR count). The first-order valence-corrected chi connectivity index (χ1v) is 7.11. The summed E-state index contributed by atoms with van der Waals surface area (Å²) in [5, 5.41) is 9.67. The van der Waals surface area contributed by atoms with Crippen LogP contribution in [0.2, 0.25) is 0 Å². The maximum atomic E-state index is 12.2. The lowest BCUT2D eigenvalue weighted by Gasteiger charge is -2.28. The van der Waals surface area contributed by atoms with Crippen molar-refractivity contribution in [3.8, 4) is 0 Å². The first kappa shape index (κ1) is 16.8. The van der Waals surface area contributed by atoms with Crippen molar-refractivity contribution in [2.24, 2.45) is 0 Å². The molecule has 20 heavy (non-hydrogen) atoms. The normalized spacial score (nSPS) is 12.8. The number of carbonyl (C=O) groups excluding carboxylic acids is 1. The molecule has 0 heterocycles. The third kappa shape index (κ3) is 6.26. The summed E-state index contributed by atoms with van der Waals surface area (Å²) >= 11 is 5.61. The van der Waals surface area contributed by atoms with Crippen molar-refractivity contribution < 1.29 is 14.6 Å². The van der Waals surface area contributed by atoms with Gasteiger partial charge in [0.1, 0.15) is 5.60 Å². The van der Waals surface area contributed by atoms with E-state index < -0.39 is 17.8 Å². The molecule has 112 valence electrons. The fraction of sp³-hybridized carbons (Fsp3) is 0.533. The Labute approximate surface area is 125 Å². The average molecular weight is 300 g/mol. The number of rotatable bonds is 5. The highest BCUT2D eigenvalue weighted by Crippen LogP contribution is 2.13. The zero-order valence-electron chi connectivity index (χ0n) is 12.2. The van der Waals surface area contributed by atoms with Gasteiger partial charge in [0.2, 0.25) is 0 Å². The van der Waals surface area contributed by atoms with Gasteiger partial charge in [-0.25, -0.2) is 4.79 Å². The summed E-state index contributed by atoms with van der Waals surface area (Å²) in [5.74, 6) is 0.0775. The lowest BCUT2D eigenvalue weighted by atomic mass is 10.2. The summed E-state index contributed by atoms with van der Waals surface area (Å²) in [6.45, 7) is 5.95. The predicted octanol–water partition coefficient (Wildman–Crippen LogP) is 3.02. The van der Waals surface area contributed by atoms with Gasteiger partial charge in [-0.15, -0.1) is 11.6 Å². The second kappa shape index (κ2) is 7.50. The number of amides is 1. The lowest BCUT2D eigenvalue weighted by molar-refractivity contribution is 0.0145. The van der Waals surface area contributed by atoms with Crippen LogP contribution in [-0.2, 0) is 11.3 Å². The Bertz CT molecular complexity index is 417. The Morgan fingerprint density at radius 3 is 2.45 bits per heavy atom. The number of alkyl halides is 1. The standard InChI is InChI=1S/C15H22ClNO3/c1-15(2,3)20-14(19)17(11-13(18)9-16)10-12-7-5-4-6-8-12/h4-8,13,18H,9-11H2,1-3H3/t13-/m0/s1. The average Bonchev–Trinajstić information content (AvgIpc) is 2.37. The van der Waals surface area contributed by atoms with Crippen LogP contribution in [0.5, 0.6) is 0 Å². The molecule has 0 unspecified atom stereocenters. The van der Waals surface area contributed by atoms with Crippen LogP contribution in [-0.4, -0.2) is 40.2 Å². The first-order chi connectivity index (χ1) is 9.31. The van der Waals surface area contributed by atoms with Crippen molar-refractivity contribution in [3.63, 3.8) is 0 Å². The van der Waals surface area contributed by atoms with E-state index in [1.165, 1.54) is 4.90 Å². The number of ether oxygens (including phenoxy) is 1. The monoisotopic (exact) mass is 299 g/mol. The van der Waals surface area contributed by atoms with Crippen molar-refractivity contribution in [2.75, 3.05) is 12.4 Å². The molecular weight excluding hydrogens is 278 g/mol. The summed E-state index contributed by atoms with van der Waals surface area (Å²) < 4.78 is 5.35. The van der Waals surface area contributed by atoms with Crippen LogP contribution in [0, 0.1) is 0 Å². The van der Waals surface area contributed by atoms with Gasteiger partial charge in [-0.05, 0) is 26.3 Å². The number of aliphatic hydroxyl groups is 1. The summed E-state index contributed by atoms with van der Waals surface area (Å²) in [6.07, 6.45) is -1.22. The van der Waals surface area contributed by atoms with E-state index in [1.807, 2.05) is 51.1 Å². The molecule has 0 aliphatic carbocycles. The molecule has 1 amide bonds. The molecule has 5 heteroatoms. The smallest absolute Gasteiger partial charge is 0.410 e. The van der Waals surface area contributed by atoms with Gasteiger partial charge >= 0.3 is 6.09 Å². The number of aliphatic hydroxyl groups excluding tert-OH is 1. The Morgan fingerprint density at radius 1 is 1.35 bits per heavy atom. The molecule has 4 nitrogen and oxygen atoms in total. The molecule has 0 spiro atoms. The van der Waals surface area contributed by atoms with Gasteiger partial charge in [-0.2, -0.15) is 0 Å². The zero-order valence-corrected chi connectivity index (χ0v) is 12.9. The van der Waals surface area contributed by atoms with Crippen molar-refractivity contribution in [1.82, 2.24) is 4.90 Å². The van der Waals surface area contributed by atoms with Gasteiger partial charge in [-0.1, -0.05) is 30.3 Å². The Kier molecular flexibility index (Phi) is 6.30. The summed E-state index contributed by atoms with van der Waals surface area (Å²) in [6, 6.07) is 9.56. The minimum Gasteiger partial charge on any atom is -0.444 e. The number of halogens is 1. The maximum absolute atomic E-state index is 12.2. The summed E-state index contributed by atoms with van der Waals surface area (Å²) in [5.41, 5.74) is 0.401. The zero-order chi connectivity index (χ0) is 15.2. The minimum atomic E-state index is -0.770. The summed E-state index contributed by atoms with van der Waals surface area (Å²) in [7, 11) is 0. The third-order valence-corrected chi connectivity index (χ3v) is 2.83. The van der Waals surface area contributed by atoms with Gasteiger partial charge in [0.15, 0.2) is 0 Å². The van der Waals surface area contributed by atoms with E-state index in [9.17, 15) is 9.90 Å². The van der Waals surface area contributed by atoms with E-state index in [2.05, 4.69) is 0 Å². The van der Waals surface area contributed by atoms with Crippen LogP contribution in [0.1, 0.15) is 26.3 Å². The van der Waals surface area contributed by atoms with Crippen LogP contribution in [0.25, 0.3) is 0 Å². The van der Waals surface area contributed by atoms with Crippen molar-refractivity contribution in [1.29, 1.82) is 0 Å². The van der Waals surface area contributed by atoms with E-state index in [0.717, 1.165) is 5.56 Å². The van der Waals surface area contributed by atoms with Gasteiger partial charge in [0.05, 0.1) is 18.5 Å². The van der Waals surface area contributed by atoms with Gasteiger partial charge in [0.25, 0.3) is 0 Å². The SMILES string of the molecule is CC(C)(C)OC(=O)N(Cc1ccccc1)C[C@@H](O)CCl. The van der Waals surface area contributed by atoms with E-state index >= 15 is 0 Å². The Hall–Kier alpha value is -1.26. The maximum Gasteiger partial charge on any atom is 0.410 e. The van der Waals surface area contributed by atoms with Gasteiger partial charge < -0.3 is 14.7 Å². The second-order valence-electron chi connectivity index (χ2n) is 5.65. The number of hydrogen-bond donors (Lipinski definition) is 1. The highest BCUT2D eigenvalue weighted by atomic mass is 35.5. The molecule has 0 aliphatic rings. The highest BCUT2D eigenvalue weighted by Gasteiger charge is 2.24. The molecule has 0 bridgehead atoms. The van der Waals surface area contributed by atoms with E-state index in [4.69, 9.17) is 16.3 Å². The molecule has 1 N–H and O–H groups in total. The van der Waals surface area contributed by atoms with Crippen LogP contribution in [0.4, 0.5) is 4.79 Å². The van der Waals surface area contributed by atoms with E-state index in [0.29, 0.717) is 6.54 Å². The minimum absolute atomic E-state index is 0.0775. The second-order valence-corrected chi connectivity index (χ2v) is 5.96. The van der Waals surface area contributed by atoms with Crippen LogP contribution < -0.4 is 0 Å². The molecule has 0 fully saturated rings.